The minimum atomic E-state index is 0.651. The SMILES string of the molecule is CCOc1cccnc1NCCCOC. The number of hydrogen-bond acceptors (Lipinski definition) is 4. The van der Waals surface area contributed by atoms with Crippen LogP contribution in [0.5, 0.6) is 5.75 Å². The maximum absolute atomic E-state index is 5.44. The van der Waals surface area contributed by atoms with Gasteiger partial charge in [0, 0.05) is 26.5 Å². The van der Waals surface area contributed by atoms with Crippen molar-refractivity contribution in [1.29, 1.82) is 0 Å². The minimum Gasteiger partial charge on any atom is -0.490 e. The third-order valence-electron chi connectivity index (χ3n) is 1.89. The second kappa shape index (κ2) is 7.06. The van der Waals surface area contributed by atoms with E-state index >= 15 is 0 Å². The molecular formula is C11H18N2O2. The number of pyridine rings is 1. The zero-order chi connectivity index (χ0) is 10.9. The highest BCUT2D eigenvalue weighted by Gasteiger charge is 2.01. The van der Waals surface area contributed by atoms with Gasteiger partial charge >= 0.3 is 0 Å². The first-order valence-electron chi connectivity index (χ1n) is 5.19. The van der Waals surface area contributed by atoms with E-state index < -0.39 is 0 Å². The van der Waals surface area contributed by atoms with E-state index in [0.717, 1.165) is 31.1 Å². The average molecular weight is 210 g/mol. The molecule has 0 spiro atoms. The Labute approximate surface area is 90.6 Å². The Morgan fingerprint density at radius 3 is 3.07 bits per heavy atom. The predicted octanol–water partition coefficient (Wildman–Crippen LogP) is 1.93. The zero-order valence-corrected chi connectivity index (χ0v) is 9.32. The first kappa shape index (κ1) is 11.8. The lowest BCUT2D eigenvalue weighted by Crippen LogP contribution is -2.07. The van der Waals surface area contributed by atoms with Crippen molar-refractivity contribution in [1.82, 2.24) is 4.98 Å². The molecule has 4 nitrogen and oxygen atoms in total. The van der Waals surface area contributed by atoms with Crippen LogP contribution in [0.3, 0.4) is 0 Å². The molecule has 0 atom stereocenters. The molecule has 0 saturated carbocycles. The molecule has 1 heterocycles. The normalized spacial score (nSPS) is 10.0. The standard InChI is InChI=1S/C11H18N2O2/c1-3-15-10-6-4-7-12-11(10)13-8-5-9-14-2/h4,6-7H,3,5,8-9H2,1-2H3,(H,12,13). The van der Waals surface area contributed by atoms with Gasteiger partial charge in [-0.05, 0) is 25.5 Å². The van der Waals surface area contributed by atoms with E-state index in [0.29, 0.717) is 6.61 Å². The Morgan fingerprint density at radius 2 is 2.33 bits per heavy atom. The highest BCUT2D eigenvalue weighted by molar-refractivity contribution is 5.49. The Kier molecular flexibility index (Phi) is 5.55. The topological polar surface area (TPSA) is 43.4 Å². The van der Waals surface area contributed by atoms with Gasteiger partial charge in [-0.1, -0.05) is 0 Å². The molecule has 0 aliphatic carbocycles. The van der Waals surface area contributed by atoms with Gasteiger partial charge < -0.3 is 14.8 Å². The van der Waals surface area contributed by atoms with E-state index in [4.69, 9.17) is 9.47 Å². The van der Waals surface area contributed by atoms with Crippen LogP contribution < -0.4 is 10.1 Å². The summed E-state index contributed by atoms with van der Waals surface area (Å²) in [5.74, 6) is 1.60. The maximum Gasteiger partial charge on any atom is 0.168 e. The predicted molar refractivity (Wildman–Crippen MR) is 60.4 cm³/mol. The van der Waals surface area contributed by atoms with E-state index in [-0.39, 0.29) is 0 Å². The van der Waals surface area contributed by atoms with Crippen molar-refractivity contribution >= 4 is 5.82 Å². The summed E-state index contributed by atoms with van der Waals surface area (Å²) in [5.41, 5.74) is 0. The van der Waals surface area contributed by atoms with Crippen LogP contribution in [0.1, 0.15) is 13.3 Å². The van der Waals surface area contributed by atoms with Crippen molar-refractivity contribution < 1.29 is 9.47 Å². The number of nitrogens with one attached hydrogen (secondary N) is 1. The highest BCUT2D eigenvalue weighted by Crippen LogP contribution is 2.20. The molecule has 0 bridgehead atoms. The number of aromatic nitrogens is 1. The van der Waals surface area contributed by atoms with Crippen molar-refractivity contribution in [3.05, 3.63) is 18.3 Å². The molecule has 1 aromatic heterocycles. The Hall–Kier alpha value is -1.29. The van der Waals surface area contributed by atoms with Gasteiger partial charge in [0.2, 0.25) is 0 Å². The number of methoxy groups -OCH3 is 1. The molecular weight excluding hydrogens is 192 g/mol. The van der Waals surface area contributed by atoms with Crippen LogP contribution in [0.2, 0.25) is 0 Å². The quantitative estimate of drug-likeness (QED) is 0.698. The third kappa shape index (κ3) is 4.16. The maximum atomic E-state index is 5.44. The number of rotatable bonds is 7. The van der Waals surface area contributed by atoms with Crippen LogP contribution in [-0.4, -0.2) is 31.9 Å². The zero-order valence-electron chi connectivity index (χ0n) is 9.32. The summed E-state index contributed by atoms with van der Waals surface area (Å²) in [7, 11) is 1.70. The second-order valence-electron chi connectivity index (χ2n) is 3.06. The van der Waals surface area contributed by atoms with Crippen molar-refractivity contribution in [3.8, 4) is 5.75 Å². The molecule has 0 fully saturated rings. The second-order valence-corrected chi connectivity index (χ2v) is 3.06. The largest absolute Gasteiger partial charge is 0.490 e. The van der Waals surface area contributed by atoms with Crippen LogP contribution in [-0.2, 0) is 4.74 Å². The fourth-order valence-electron chi connectivity index (χ4n) is 1.22. The van der Waals surface area contributed by atoms with Gasteiger partial charge in [0.25, 0.3) is 0 Å². The lowest BCUT2D eigenvalue weighted by molar-refractivity contribution is 0.197. The van der Waals surface area contributed by atoms with Crippen LogP contribution >= 0.6 is 0 Å². The van der Waals surface area contributed by atoms with Crippen molar-refractivity contribution in [2.24, 2.45) is 0 Å². The van der Waals surface area contributed by atoms with Gasteiger partial charge in [-0.2, -0.15) is 0 Å². The molecule has 1 aromatic rings. The van der Waals surface area contributed by atoms with Crippen LogP contribution in [0, 0.1) is 0 Å². The van der Waals surface area contributed by atoms with Gasteiger partial charge in [-0.3, -0.25) is 0 Å². The number of nitrogens with zero attached hydrogens (tertiary/aromatic N) is 1. The van der Waals surface area contributed by atoms with Crippen LogP contribution in [0.4, 0.5) is 5.82 Å². The first-order valence-corrected chi connectivity index (χ1v) is 5.19. The molecule has 0 aromatic carbocycles. The van der Waals surface area contributed by atoms with Crippen molar-refractivity contribution in [2.75, 3.05) is 32.2 Å². The molecule has 0 unspecified atom stereocenters. The summed E-state index contributed by atoms with van der Waals surface area (Å²) in [6.45, 7) is 4.20. The number of hydrogen-bond donors (Lipinski definition) is 1. The van der Waals surface area contributed by atoms with Crippen LogP contribution in [0.15, 0.2) is 18.3 Å². The highest BCUT2D eigenvalue weighted by atomic mass is 16.5. The van der Waals surface area contributed by atoms with E-state index in [1.165, 1.54) is 0 Å². The number of ether oxygens (including phenoxy) is 2. The van der Waals surface area contributed by atoms with Crippen LogP contribution in [0.25, 0.3) is 0 Å². The lowest BCUT2D eigenvalue weighted by atomic mass is 10.4. The van der Waals surface area contributed by atoms with E-state index in [1.807, 2.05) is 19.1 Å². The van der Waals surface area contributed by atoms with Gasteiger partial charge in [0.15, 0.2) is 11.6 Å². The molecule has 1 rings (SSSR count). The van der Waals surface area contributed by atoms with Gasteiger partial charge in [0.1, 0.15) is 0 Å². The third-order valence-corrected chi connectivity index (χ3v) is 1.89. The lowest BCUT2D eigenvalue weighted by Gasteiger charge is -2.10. The summed E-state index contributed by atoms with van der Waals surface area (Å²) in [6.07, 6.45) is 2.71. The monoisotopic (exact) mass is 210 g/mol. The molecule has 0 radical (unpaired) electrons. The Bertz CT molecular complexity index is 279. The van der Waals surface area contributed by atoms with E-state index in [1.54, 1.807) is 13.3 Å². The molecule has 4 heteroatoms. The van der Waals surface area contributed by atoms with Crippen molar-refractivity contribution in [3.63, 3.8) is 0 Å². The summed E-state index contributed by atoms with van der Waals surface area (Å²) in [4.78, 5) is 4.22. The summed E-state index contributed by atoms with van der Waals surface area (Å²) < 4.78 is 10.4. The van der Waals surface area contributed by atoms with E-state index in [9.17, 15) is 0 Å². The van der Waals surface area contributed by atoms with Gasteiger partial charge in [-0.15, -0.1) is 0 Å². The Balaban J connectivity index is 2.44. The summed E-state index contributed by atoms with van der Waals surface area (Å²) in [5, 5.41) is 3.22. The molecule has 0 aliphatic rings. The molecule has 0 aliphatic heterocycles. The van der Waals surface area contributed by atoms with Crippen molar-refractivity contribution in [2.45, 2.75) is 13.3 Å². The fourth-order valence-corrected chi connectivity index (χ4v) is 1.22. The smallest absolute Gasteiger partial charge is 0.168 e. The van der Waals surface area contributed by atoms with Gasteiger partial charge in [-0.25, -0.2) is 4.98 Å². The molecule has 1 N–H and O–H groups in total. The summed E-state index contributed by atoms with van der Waals surface area (Å²) in [6, 6.07) is 3.78. The molecule has 0 amide bonds. The van der Waals surface area contributed by atoms with Gasteiger partial charge in [0.05, 0.1) is 6.61 Å². The van der Waals surface area contributed by atoms with E-state index in [2.05, 4.69) is 10.3 Å². The fraction of sp³-hybridized carbons (Fsp3) is 0.545. The molecule has 15 heavy (non-hydrogen) atoms. The Morgan fingerprint density at radius 1 is 1.47 bits per heavy atom. The first-order chi connectivity index (χ1) is 7.38. The minimum absolute atomic E-state index is 0.651. The molecule has 84 valence electrons. The average Bonchev–Trinajstić information content (AvgIpc) is 2.27. The summed E-state index contributed by atoms with van der Waals surface area (Å²) >= 11 is 0. The molecule has 0 saturated heterocycles. The number of anilines is 1.